The Morgan fingerprint density at radius 1 is 1.44 bits per heavy atom. The van der Waals surface area contributed by atoms with Crippen molar-refractivity contribution in [2.45, 2.75) is 32.2 Å². The average Bonchev–Trinajstić information content (AvgIpc) is 2.57. The van der Waals surface area contributed by atoms with Crippen molar-refractivity contribution in [3.8, 4) is 0 Å². The lowest BCUT2D eigenvalue weighted by atomic mass is 9.99. The maximum atomic E-state index is 9.55. The van der Waals surface area contributed by atoms with Crippen molar-refractivity contribution in [3.05, 3.63) is 12.2 Å². The molecule has 0 spiro atoms. The molecule has 102 valence electrons. The molecule has 0 saturated heterocycles. The molecule has 0 aliphatic carbocycles. The molecule has 1 atom stereocenters. The van der Waals surface area contributed by atoms with Gasteiger partial charge in [0.05, 0.1) is 5.54 Å². The number of hydrogen-bond donors (Lipinski definition) is 3. The fourth-order valence-corrected chi connectivity index (χ4v) is 1.37. The molecule has 0 fully saturated rings. The van der Waals surface area contributed by atoms with E-state index >= 15 is 0 Å². The number of rotatable bonds is 4. The van der Waals surface area contributed by atoms with Gasteiger partial charge in [-0.2, -0.15) is 0 Å². The molecule has 7 heteroatoms. The lowest BCUT2D eigenvalue weighted by Crippen LogP contribution is -2.22. The molecule has 0 aromatic heterocycles. The van der Waals surface area contributed by atoms with Gasteiger partial charge in [-0.3, -0.25) is 0 Å². The standard InChI is InChI=1S/C7H14N2O.C4H4O4/c1-3-4-7(2)5-10-6(8)9-7;5-3(6)1-2-4(7)8/h3-5H2,1-2H3,(H2,8,9);1-2H,(H,5,6)(H,7,8)/b;2-1+. The summed E-state index contributed by atoms with van der Waals surface area (Å²) in [4.78, 5) is 23.3. The molecule has 1 unspecified atom stereocenters. The largest absolute Gasteiger partial charge is 0.478 e. The zero-order chi connectivity index (χ0) is 14.2. The van der Waals surface area contributed by atoms with Gasteiger partial charge in [-0.15, -0.1) is 0 Å². The smallest absolute Gasteiger partial charge is 0.328 e. The zero-order valence-corrected chi connectivity index (χ0v) is 10.4. The van der Waals surface area contributed by atoms with Crippen molar-refractivity contribution in [3.63, 3.8) is 0 Å². The van der Waals surface area contributed by atoms with Gasteiger partial charge in [0.1, 0.15) is 6.61 Å². The maximum Gasteiger partial charge on any atom is 0.328 e. The maximum absolute atomic E-state index is 9.55. The van der Waals surface area contributed by atoms with Crippen LogP contribution in [0.4, 0.5) is 0 Å². The minimum Gasteiger partial charge on any atom is -0.478 e. The van der Waals surface area contributed by atoms with Crippen LogP contribution in [0.15, 0.2) is 17.1 Å². The second-order valence-corrected chi connectivity index (χ2v) is 4.00. The first kappa shape index (κ1) is 16.0. The number of amidine groups is 1. The Kier molecular flexibility index (Phi) is 6.48. The summed E-state index contributed by atoms with van der Waals surface area (Å²) in [5, 5.41) is 15.6. The van der Waals surface area contributed by atoms with E-state index in [0.717, 1.165) is 12.8 Å². The summed E-state index contributed by atoms with van der Waals surface area (Å²) < 4.78 is 5.05. The van der Waals surface area contributed by atoms with Crippen LogP contribution in [0, 0.1) is 0 Å². The van der Waals surface area contributed by atoms with Crippen molar-refractivity contribution in [1.82, 2.24) is 0 Å². The van der Waals surface area contributed by atoms with Crippen LogP contribution in [0.1, 0.15) is 26.7 Å². The van der Waals surface area contributed by atoms with Gasteiger partial charge in [0, 0.05) is 12.2 Å². The predicted octanol–water partition coefficient (Wildman–Crippen LogP) is 0.602. The Balaban J connectivity index is 0.000000331. The molecule has 18 heavy (non-hydrogen) atoms. The molecule has 1 aliphatic rings. The van der Waals surface area contributed by atoms with E-state index in [1.165, 1.54) is 0 Å². The van der Waals surface area contributed by atoms with Crippen molar-refractivity contribution >= 4 is 18.0 Å². The van der Waals surface area contributed by atoms with Crippen LogP contribution in [-0.4, -0.2) is 40.3 Å². The number of ether oxygens (including phenoxy) is 1. The zero-order valence-electron chi connectivity index (χ0n) is 10.4. The monoisotopic (exact) mass is 258 g/mol. The third kappa shape index (κ3) is 7.26. The van der Waals surface area contributed by atoms with Crippen molar-refractivity contribution in [2.24, 2.45) is 10.7 Å². The number of aliphatic imine (C=N–C) groups is 1. The molecule has 0 saturated carbocycles. The highest BCUT2D eigenvalue weighted by Crippen LogP contribution is 2.22. The summed E-state index contributed by atoms with van der Waals surface area (Å²) in [7, 11) is 0. The molecule has 0 aromatic carbocycles. The van der Waals surface area contributed by atoms with Crippen LogP contribution < -0.4 is 5.73 Å². The molecule has 1 rings (SSSR count). The number of aliphatic carboxylic acids is 2. The second-order valence-electron chi connectivity index (χ2n) is 4.00. The average molecular weight is 258 g/mol. The molecular formula is C11H18N2O5. The van der Waals surface area contributed by atoms with E-state index in [9.17, 15) is 9.59 Å². The first-order valence-electron chi connectivity index (χ1n) is 5.41. The number of nitrogens with two attached hydrogens (primary N) is 1. The minimum absolute atomic E-state index is 0.0428. The van der Waals surface area contributed by atoms with Crippen molar-refractivity contribution in [1.29, 1.82) is 0 Å². The molecule has 1 aliphatic heterocycles. The molecular weight excluding hydrogens is 240 g/mol. The summed E-state index contributed by atoms with van der Waals surface area (Å²) in [6, 6.07) is 0.343. The van der Waals surface area contributed by atoms with Gasteiger partial charge in [-0.05, 0) is 13.3 Å². The van der Waals surface area contributed by atoms with Crippen LogP contribution in [-0.2, 0) is 14.3 Å². The Labute approximate surface area is 105 Å². The van der Waals surface area contributed by atoms with Crippen LogP contribution in [0.25, 0.3) is 0 Å². The first-order valence-corrected chi connectivity index (χ1v) is 5.41. The van der Waals surface area contributed by atoms with Crippen LogP contribution in [0.2, 0.25) is 0 Å². The molecule has 1 heterocycles. The first-order chi connectivity index (χ1) is 8.29. The topological polar surface area (TPSA) is 122 Å². The summed E-state index contributed by atoms with van der Waals surface area (Å²) >= 11 is 0. The highest BCUT2D eigenvalue weighted by Gasteiger charge is 2.29. The third-order valence-electron chi connectivity index (χ3n) is 2.07. The van der Waals surface area contributed by atoms with Gasteiger partial charge in [-0.1, -0.05) is 13.3 Å². The van der Waals surface area contributed by atoms with E-state index in [0.29, 0.717) is 24.8 Å². The summed E-state index contributed by atoms with van der Waals surface area (Å²) in [5.74, 6) is -2.51. The molecule has 7 nitrogen and oxygen atoms in total. The molecule has 4 N–H and O–H groups in total. The van der Waals surface area contributed by atoms with E-state index in [1.54, 1.807) is 0 Å². The van der Waals surface area contributed by atoms with E-state index in [-0.39, 0.29) is 5.54 Å². The van der Waals surface area contributed by atoms with Gasteiger partial charge < -0.3 is 20.7 Å². The highest BCUT2D eigenvalue weighted by atomic mass is 16.5. The highest BCUT2D eigenvalue weighted by molar-refractivity contribution is 5.89. The summed E-state index contributed by atoms with van der Waals surface area (Å²) in [6.07, 6.45) is 3.29. The number of nitrogens with zero attached hydrogens (tertiary/aromatic N) is 1. The number of carboxylic acids is 2. The Morgan fingerprint density at radius 2 is 1.94 bits per heavy atom. The Hall–Kier alpha value is -2.05. The van der Waals surface area contributed by atoms with Gasteiger partial charge in [-0.25, -0.2) is 14.6 Å². The molecule has 0 aromatic rings. The molecule has 0 bridgehead atoms. The Morgan fingerprint density at radius 3 is 2.22 bits per heavy atom. The van der Waals surface area contributed by atoms with Crippen molar-refractivity contribution < 1.29 is 24.5 Å². The van der Waals surface area contributed by atoms with Gasteiger partial charge in [0.25, 0.3) is 6.02 Å². The van der Waals surface area contributed by atoms with Gasteiger partial charge in [0.2, 0.25) is 0 Å². The molecule has 0 amide bonds. The van der Waals surface area contributed by atoms with Gasteiger partial charge in [0.15, 0.2) is 0 Å². The fourth-order valence-electron chi connectivity index (χ4n) is 1.37. The lowest BCUT2D eigenvalue weighted by Gasteiger charge is -2.15. The van der Waals surface area contributed by atoms with Crippen LogP contribution >= 0.6 is 0 Å². The lowest BCUT2D eigenvalue weighted by molar-refractivity contribution is -0.134. The third-order valence-corrected chi connectivity index (χ3v) is 2.07. The quantitative estimate of drug-likeness (QED) is 0.635. The van der Waals surface area contributed by atoms with Crippen molar-refractivity contribution in [2.75, 3.05) is 6.61 Å². The predicted molar refractivity (Wildman–Crippen MR) is 65.3 cm³/mol. The van der Waals surface area contributed by atoms with Gasteiger partial charge >= 0.3 is 11.9 Å². The van der Waals surface area contributed by atoms with E-state index in [1.807, 2.05) is 0 Å². The summed E-state index contributed by atoms with van der Waals surface area (Å²) in [6.45, 7) is 4.85. The van der Waals surface area contributed by atoms with Crippen LogP contribution in [0.3, 0.4) is 0 Å². The van der Waals surface area contributed by atoms with E-state index in [2.05, 4.69) is 18.8 Å². The fraction of sp³-hybridized carbons (Fsp3) is 0.545. The summed E-state index contributed by atoms with van der Waals surface area (Å²) in [5.41, 5.74) is 5.33. The van der Waals surface area contributed by atoms with E-state index in [4.69, 9.17) is 20.7 Å². The number of carboxylic acid groups (broad SMARTS) is 2. The number of hydrogen-bond acceptors (Lipinski definition) is 5. The normalized spacial score (nSPS) is 21.8. The second kappa shape index (κ2) is 7.31. The SMILES string of the molecule is CCCC1(C)COC(N)=N1.O=C(O)/C=C/C(=O)O. The number of carbonyl (C=O) groups is 2. The Bertz CT molecular complexity index is 348. The van der Waals surface area contributed by atoms with E-state index < -0.39 is 11.9 Å². The van der Waals surface area contributed by atoms with Crippen LogP contribution in [0.5, 0.6) is 0 Å². The minimum atomic E-state index is -1.26. The molecule has 0 radical (unpaired) electrons.